The predicted octanol–water partition coefficient (Wildman–Crippen LogP) is 4.65. The largest absolute Gasteiger partial charge is 0.394 e. The molecule has 0 aliphatic rings. The van der Waals surface area contributed by atoms with Crippen LogP contribution in [-0.2, 0) is 4.79 Å². The quantitative estimate of drug-likeness (QED) is 0.242. The fourth-order valence-electron chi connectivity index (χ4n) is 2.55. The molecule has 0 radical (unpaired) electrons. The number of nitrogens with zero attached hydrogens (tertiary/aromatic N) is 3. The molecule has 0 unspecified atom stereocenters. The van der Waals surface area contributed by atoms with E-state index in [9.17, 15) is 4.79 Å². The Morgan fingerprint density at radius 3 is 2.09 bits per heavy atom. The van der Waals surface area contributed by atoms with Gasteiger partial charge < -0.3 is 25.4 Å². The molecule has 7 heteroatoms. The molecule has 2 N–H and O–H groups in total. The molecule has 0 saturated carbocycles. The van der Waals surface area contributed by atoms with Gasteiger partial charge in [0.05, 0.1) is 5.75 Å². The number of amides is 1. The topological polar surface area (TPSA) is 60.0 Å². The number of carbonyl (C=O) groups is 1. The molecule has 1 aromatic rings. The number of nitrogens with one attached hydrogen (secondary N) is 2. The molecule has 0 aromatic heterocycles. The maximum absolute atomic E-state index is 11.5. The van der Waals surface area contributed by atoms with E-state index in [1.54, 1.807) is 11.9 Å². The predicted molar refractivity (Wildman–Crippen MR) is 156 cm³/mol. The monoisotopic (exact) mass is 487 g/mol. The summed E-state index contributed by atoms with van der Waals surface area (Å²) in [5.74, 6) is 0.332. The van der Waals surface area contributed by atoms with E-state index in [1.807, 2.05) is 59.5 Å². The zero-order chi connectivity index (χ0) is 26.2. The van der Waals surface area contributed by atoms with Crippen LogP contribution in [0.3, 0.4) is 0 Å². The molecule has 190 valence electrons. The van der Waals surface area contributed by atoms with Crippen molar-refractivity contribution in [1.82, 2.24) is 15.5 Å². The normalized spacial score (nSPS) is 10.9. The number of anilines is 1. The summed E-state index contributed by atoms with van der Waals surface area (Å²) < 4.78 is 0. The van der Waals surface area contributed by atoms with E-state index in [-0.39, 0.29) is 11.7 Å². The van der Waals surface area contributed by atoms with Crippen molar-refractivity contribution in [3.8, 4) is 0 Å². The molecule has 0 bridgehead atoms. The number of benzene rings is 1. The summed E-state index contributed by atoms with van der Waals surface area (Å²) in [5.41, 5.74) is 3.49. The fraction of sp³-hybridized carbons (Fsp3) is 0.407. The molecule has 0 aliphatic carbocycles. The summed E-state index contributed by atoms with van der Waals surface area (Å²) in [7, 11) is 9.30. The third-order valence-corrected chi connectivity index (χ3v) is 4.73. The summed E-state index contributed by atoms with van der Waals surface area (Å²) in [6.45, 7) is 8.75. The first kappa shape index (κ1) is 33.2. The standard InChI is InChI=1S/C21H31N3OS.C4H9N.C2H5N/c1-5-18(13-14-22-2)7-8-19-9-11-20(12-10-19)23(3)15-6-16-24(4)21(25)17-26;1-3-4-5-2;1-3-2/h5,7-14,22,26H,6,15-17H2,1-4H3;3-5H,1-2H3;1H2,2H3/b8-7+,14-13-,18-5-;4-3-;. The summed E-state index contributed by atoms with van der Waals surface area (Å²) in [6, 6.07) is 8.49. The number of carbonyl (C=O) groups excluding carboxylic acids is 1. The van der Waals surface area contributed by atoms with Crippen molar-refractivity contribution in [3.05, 3.63) is 72.1 Å². The zero-order valence-electron chi connectivity index (χ0n) is 22.1. The second-order valence-electron chi connectivity index (χ2n) is 7.19. The molecule has 0 spiro atoms. The van der Waals surface area contributed by atoms with Crippen LogP contribution >= 0.6 is 12.6 Å². The lowest BCUT2D eigenvalue weighted by molar-refractivity contribution is -0.127. The first-order valence-corrected chi connectivity index (χ1v) is 12.0. The van der Waals surface area contributed by atoms with Crippen molar-refractivity contribution in [3.63, 3.8) is 0 Å². The van der Waals surface area contributed by atoms with Gasteiger partial charge in [-0.05, 0) is 68.7 Å². The Bertz CT molecular complexity index is 770. The second-order valence-corrected chi connectivity index (χ2v) is 7.51. The van der Waals surface area contributed by atoms with Crippen molar-refractivity contribution in [1.29, 1.82) is 0 Å². The van der Waals surface area contributed by atoms with E-state index >= 15 is 0 Å². The van der Waals surface area contributed by atoms with Crippen molar-refractivity contribution >= 4 is 37.0 Å². The minimum Gasteiger partial charge on any atom is -0.394 e. The average molecular weight is 488 g/mol. The Morgan fingerprint density at radius 2 is 1.65 bits per heavy atom. The first-order chi connectivity index (χ1) is 16.3. The third-order valence-electron chi connectivity index (χ3n) is 4.46. The highest BCUT2D eigenvalue weighted by Crippen LogP contribution is 2.16. The lowest BCUT2D eigenvalue weighted by Crippen LogP contribution is -2.31. The lowest BCUT2D eigenvalue weighted by atomic mass is 10.1. The van der Waals surface area contributed by atoms with Crippen LogP contribution in [0.15, 0.2) is 71.5 Å². The molecule has 0 heterocycles. The molecule has 0 aliphatic heterocycles. The maximum atomic E-state index is 11.5. The molecule has 1 aromatic carbocycles. The molecule has 1 amide bonds. The number of hydrogen-bond donors (Lipinski definition) is 3. The van der Waals surface area contributed by atoms with Gasteiger partial charge in [-0.1, -0.05) is 36.4 Å². The zero-order valence-corrected chi connectivity index (χ0v) is 23.0. The highest BCUT2D eigenvalue weighted by atomic mass is 32.1. The Hall–Kier alpha value is -2.93. The van der Waals surface area contributed by atoms with E-state index in [4.69, 9.17) is 0 Å². The molecule has 0 fully saturated rings. The van der Waals surface area contributed by atoms with E-state index in [0.717, 1.165) is 25.1 Å². The Labute approximate surface area is 213 Å². The third kappa shape index (κ3) is 17.6. The molecular formula is C27H45N5OS. The molecule has 0 atom stereocenters. The van der Waals surface area contributed by atoms with Gasteiger partial charge in [0.1, 0.15) is 0 Å². The average Bonchev–Trinajstić information content (AvgIpc) is 2.85. The van der Waals surface area contributed by atoms with E-state index in [0.29, 0.717) is 0 Å². The minimum atomic E-state index is 0.0668. The summed E-state index contributed by atoms with van der Waals surface area (Å²) >= 11 is 4.02. The summed E-state index contributed by atoms with van der Waals surface area (Å²) in [5, 5.41) is 5.83. The number of hydrogen-bond acceptors (Lipinski definition) is 6. The molecule has 1 rings (SSSR count). The Morgan fingerprint density at radius 1 is 1.06 bits per heavy atom. The van der Waals surface area contributed by atoms with Crippen molar-refractivity contribution in [2.45, 2.75) is 20.3 Å². The minimum absolute atomic E-state index is 0.0668. The molecular weight excluding hydrogens is 442 g/mol. The SMILES string of the molecule is C/C=C(\C=C/NC)/C=C/c1ccc(N(C)CCCN(C)C(=O)CS)cc1.C/C=C\NC.C=NC. The van der Waals surface area contributed by atoms with Crippen molar-refractivity contribution in [2.24, 2.45) is 4.99 Å². The van der Waals surface area contributed by atoms with Gasteiger partial charge >= 0.3 is 0 Å². The van der Waals surface area contributed by atoms with Crippen LogP contribution in [-0.4, -0.2) is 71.6 Å². The van der Waals surface area contributed by atoms with Gasteiger partial charge in [0.2, 0.25) is 5.91 Å². The Kier molecular flexibility index (Phi) is 22.7. The van der Waals surface area contributed by atoms with Gasteiger partial charge in [-0.15, -0.1) is 0 Å². The van der Waals surface area contributed by atoms with E-state index < -0.39 is 0 Å². The highest BCUT2D eigenvalue weighted by molar-refractivity contribution is 7.81. The van der Waals surface area contributed by atoms with Gasteiger partial charge in [-0.25, -0.2) is 0 Å². The summed E-state index contributed by atoms with van der Waals surface area (Å²) in [4.78, 5) is 18.7. The Balaban J connectivity index is 0. The van der Waals surface area contributed by atoms with Crippen LogP contribution in [0.25, 0.3) is 6.08 Å². The van der Waals surface area contributed by atoms with Gasteiger partial charge in [-0.3, -0.25) is 4.79 Å². The van der Waals surface area contributed by atoms with Crippen molar-refractivity contribution < 1.29 is 4.79 Å². The van der Waals surface area contributed by atoms with Crippen LogP contribution in [0.1, 0.15) is 25.8 Å². The van der Waals surface area contributed by atoms with Crippen LogP contribution in [0.5, 0.6) is 0 Å². The summed E-state index contributed by atoms with van der Waals surface area (Å²) in [6.07, 6.45) is 15.0. The number of aliphatic imine (C=N–C) groups is 1. The number of allylic oxidation sites excluding steroid dienone is 5. The van der Waals surface area contributed by atoms with Gasteiger partial charge in [0.25, 0.3) is 0 Å². The van der Waals surface area contributed by atoms with Crippen LogP contribution in [0.4, 0.5) is 5.69 Å². The smallest absolute Gasteiger partial charge is 0.232 e. The lowest BCUT2D eigenvalue weighted by Gasteiger charge is -2.22. The van der Waals surface area contributed by atoms with Crippen molar-refractivity contribution in [2.75, 3.05) is 59.0 Å². The van der Waals surface area contributed by atoms with Gasteiger partial charge in [0.15, 0.2) is 0 Å². The van der Waals surface area contributed by atoms with E-state index in [1.165, 1.54) is 11.3 Å². The maximum Gasteiger partial charge on any atom is 0.232 e. The van der Waals surface area contributed by atoms with Crippen LogP contribution in [0, 0.1) is 0 Å². The number of thiol groups is 1. The second kappa shape index (κ2) is 23.2. The first-order valence-electron chi connectivity index (χ1n) is 11.3. The van der Waals surface area contributed by atoms with Crippen LogP contribution < -0.4 is 15.5 Å². The van der Waals surface area contributed by atoms with Gasteiger partial charge in [-0.2, -0.15) is 12.6 Å². The molecule has 6 nitrogen and oxygen atoms in total. The highest BCUT2D eigenvalue weighted by Gasteiger charge is 2.06. The van der Waals surface area contributed by atoms with Crippen LogP contribution in [0.2, 0.25) is 0 Å². The van der Waals surface area contributed by atoms with Gasteiger partial charge in [0, 0.05) is 54.0 Å². The fourth-order valence-corrected chi connectivity index (χ4v) is 2.79. The molecule has 34 heavy (non-hydrogen) atoms. The molecule has 0 saturated heterocycles. The van der Waals surface area contributed by atoms with E-state index in [2.05, 4.69) is 89.4 Å². The number of rotatable bonds is 11.